The Kier molecular flexibility index (Phi) is 6.22. The summed E-state index contributed by atoms with van der Waals surface area (Å²) < 4.78 is 0. The minimum absolute atomic E-state index is 0.508. The number of thiophene rings is 1. The molecule has 24 heavy (non-hydrogen) atoms. The highest BCUT2D eigenvalue weighted by Gasteiger charge is 2.28. The highest BCUT2D eigenvalue weighted by molar-refractivity contribution is 7.99. The minimum atomic E-state index is -0.508. The van der Waals surface area contributed by atoms with Crippen molar-refractivity contribution in [3.63, 3.8) is 0 Å². The Morgan fingerprint density at radius 1 is 1.17 bits per heavy atom. The average Bonchev–Trinajstić information content (AvgIpc) is 3.09. The van der Waals surface area contributed by atoms with E-state index >= 15 is 0 Å². The van der Waals surface area contributed by atoms with Crippen molar-refractivity contribution in [1.82, 2.24) is 5.32 Å². The van der Waals surface area contributed by atoms with Gasteiger partial charge in [0.1, 0.15) is 0 Å². The molecule has 0 unspecified atom stereocenters. The molecular formula is C19H26N2OS2. The number of anilines is 1. The molecule has 2 aromatic rings. The maximum absolute atomic E-state index is 10.5. The van der Waals surface area contributed by atoms with Crippen molar-refractivity contribution in [3.8, 4) is 0 Å². The minimum Gasteiger partial charge on any atom is -0.389 e. The second-order valence-electron chi connectivity index (χ2n) is 6.54. The molecule has 1 aromatic carbocycles. The second kappa shape index (κ2) is 8.39. The molecule has 130 valence electrons. The lowest BCUT2D eigenvalue weighted by molar-refractivity contribution is 0.0320. The van der Waals surface area contributed by atoms with Gasteiger partial charge in [-0.25, -0.2) is 0 Å². The molecule has 3 rings (SSSR count). The highest BCUT2D eigenvalue weighted by Crippen LogP contribution is 2.26. The van der Waals surface area contributed by atoms with E-state index in [9.17, 15) is 5.11 Å². The lowest BCUT2D eigenvalue weighted by atomic mass is 9.97. The Bertz CT molecular complexity index is 607. The Morgan fingerprint density at radius 2 is 1.92 bits per heavy atom. The van der Waals surface area contributed by atoms with Gasteiger partial charge < -0.3 is 15.3 Å². The van der Waals surface area contributed by atoms with Crippen LogP contribution in [0.15, 0.2) is 41.8 Å². The number of thioether (sulfide) groups is 1. The van der Waals surface area contributed by atoms with Crippen LogP contribution in [0.2, 0.25) is 0 Å². The van der Waals surface area contributed by atoms with Crippen molar-refractivity contribution in [2.24, 2.45) is 0 Å². The van der Waals surface area contributed by atoms with E-state index in [1.54, 1.807) is 11.3 Å². The first kappa shape index (κ1) is 17.8. The van der Waals surface area contributed by atoms with Crippen LogP contribution in [-0.2, 0) is 13.1 Å². The summed E-state index contributed by atoms with van der Waals surface area (Å²) >= 11 is 3.74. The van der Waals surface area contributed by atoms with E-state index in [2.05, 4.69) is 59.0 Å². The number of aliphatic hydroxyl groups is 1. The van der Waals surface area contributed by atoms with Gasteiger partial charge in [0.2, 0.25) is 0 Å². The maximum Gasteiger partial charge on any atom is 0.0787 e. The van der Waals surface area contributed by atoms with Crippen LogP contribution in [0.1, 0.15) is 23.3 Å². The zero-order valence-corrected chi connectivity index (χ0v) is 15.8. The second-order valence-corrected chi connectivity index (χ2v) is 8.80. The predicted octanol–water partition coefficient (Wildman–Crippen LogP) is 3.73. The number of hydrogen-bond acceptors (Lipinski definition) is 5. The Hall–Kier alpha value is -1.01. The predicted molar refractivity (Wildman–Crippen MR) is 106 cm³/mol. The standard InChI is InChI=1S/C19H26N2OS2/c1-21(14-18-3-2-10-24-18)17-6-4-16(5-7-17)13-20-15-19(22)8-11-23-12-9-19/h2-7,10,20,22H,8-9,11-15H2,1H3. The topological polar surface area (TPSA) is 35.5 Å². The van der Waals surface area contributed by atoms with E-state index in [1.165, 1.54) is 16.1 Å². The van der Waals surface area contributed by atoms with E-state index < -0.39 is 5.60 Å². The van der Waals surface area contributed by atoms with Crippen LogP contribution in [-0.4, -0.2) is 35.8 Å². The quantitative estimate of drug-likeness (QED) is 0.787. The van der Waals surface area contributed by atoms with Gasteiger partial charge in [-0.2, -0.15) is 11.8 Å². The third-order valence-electron chi connectivity index (χ3n) is 4.56. The third kappa shape index (κ3) is 4.99. The third-order valence-corrected chi connectivity index (χ3v) is 6.40. The summed E-state index contributed by atoms with van der Waals surface area (Å²) in [5.41, 5.74) is 1.98. The van der Waals surface area contributed by atoms with Crippen molar-refractivity contribution in [2.75, 3.05) is 30.0 Å². The Labute approximate surface area is 153 Å². The fourth-order valence-electron chi connectivity index (χ4n) is 2.96. The van der Waals surface area contributed by atoms with E-state index in [1.807, 2.05) is 11.8 Å². The van der Waals surface area contributed by atoms with Crippen molar-refractivity contribution in [1.29, 1.82) is 0 Å². The van der Waals surface area contributed by atoms with Gasteiger partial charge in [-0.1, -0.05) is 18.2 Å². The van der Waals surface area contributed by atoms with Crippen molar-refractivity contribution < 1.29 is 5.11 Å². The van der Waals surface area contributed by atoms with Crippen LogP contribution < -0.4 is 10.2 Å². The molecule has 1 aliphatic heterocycles. The first-order chi connectivity index (χ1) is 11.6. The first-order valence-electron chi connectivity index (χ1n) is 8.48. The molecule has 1 aliphatic rings. The molecule has 0 spiro atoms. The largest absolute Gasteiger partial charge is 0.389 e. The molecule has 2 heterocycles. The molecular weight excluding hydrogens is 336 g/mol. The van der Waals surface area contributed by atoms with Crippen LogP contribution in [0.5, 0.6) is 0 Å². The van der Waals surface area contributed by atoms with E-state index in [-0.39, 0.29) is 0 Å². The highest BCUT2D eigenvalue weighted by atomic mass is 32.2. The molecule has 1 fully saturated rings. The monoisotopic (exact) mass is 362 g/mol. The summed E-state index contributed by atoms with van der Waals surface area (Å²) in [5, 5.41) is 16.1. The van der Waals surface area contributed by atoms with E-state index in [4.69, 9.17) is 0 Å². The van der Waals surface area contributed by atoms with Crippen LogP contribution in [0.4, 0.5) is 5.69 Å². The van der Waals surface area contributed by atoms with Crippen molar-refractivity contribution >= 4 is 28.8 Å². The van der Waals surface area contributed by atoms with Gasteiger partial charge >= 0.3 is 0 Å². The molecule has 1 saturated heterocycles. The van der Waals surface area contributed by atoms with Gasteiger partial charge in [0, 0.05) is 30.7 Å². The van der Waals surface area contributed by atoms with E-state index in [0.29, 0.717) is 6.54 Å². The molecule has 0 amide bonds. The van der Waals surface area contributed by atoms with Crippen molar-refractivity contribution in [2.45, 2.75) is 31.5 Å². The maximum atomic E-state index is 10.5. The molecule has 0 bridgehead atoms. The van der Waals surface area contributed by atoms with Gasteiger partial charge in [-0.15, -0.1) is 11.3 Å². The van der Waals surface area contributed by atoms with Gasteiger partial charge in [-0.3, -0.25) is 0 Å². The summed E-state index contributed by atoms with van der Waals surface area (Å²) in [6.45, 7) is 2.44. The fourth-order valence-corrected chi connectivity index (χ4v) is 4.97. The van der Waals surface area contributed by atoms with Gasteiger partial charge in [-0.05, 0) is 53.5 Å². The normalized spacial score (nSPS) is 16.9. The summed E-state index contributed by atoms with van der Waals surface area (Å²) in [6, 6.07) is 13.0. The first-order valence-corrected chi connectivity index (χ1v) is 10.5. The van der Waals surface area contributed by atoms with Crippen LogP contribution in [0.25, 0.3) is 0 Å². The number of rotatable bonds is 7. The SMILES string of the molecule is CN(Cc1cccs1)c1ccc(CNCC2(O)CCSCC2)cc1. The number of nitrogens with zero attached hydrogens (tertiary/aromatic N) is 1. The molecule has 1 aromatic heterocycles. The van der Waals surface area contributed by atoms with Crippen LogP contribution >= 0.6 is 23.1 Å². The van der Waals surface area contributed by atoms with Gasteiger partial charge in [0.05, 0.1) is 12.1 Å². The lowest BCUT2D eigenvalue weighted by Crippen LogP contribution is -2.43. The van der Waals surface area contributed by atoms with Gasteiger partial charge in [0.15, 0.2) is 0 Å². The van der Waals surface area contributed by atoms with E-state index in [0.717, 1.165) is 37.4 Å². The van der Waals surface area contributed by atoms with Crippen LogP contribution in [0.3, 0.4) is 0 Å². The molecule has 0 aliphatic carbocycles. The summed E-state index contributed by atoms with van der Waals surface area (Å²) in [4.78, 5) is 3.65. The summed E-state index contributed by atoms with van der Waals surface area (Å²) in [7, 11) is 2.13. The number of benzene rings is 1. The molecule has 5 heteroatoms. The summed E-state index contributed by atoms with van der Waals surface area (Å²) in [5.74, 6) is 2.15. The lowest BCUT2D eigenvalue weighted by Gasteiger charge is -2.32. The Morgan fingerprint density at radius 3 is 2.58 bits per heavy atom. The summed E-state index contributed by atoms with van der Waals surface area (Å²) in [6.07, 6.45) is 1.80. The number of nitrogens with one attached hydrogen (secondary N) is 1. The molecule has 2 N–H and O–H groups in total. The Balaban J connectivity index is 1.47. The molecule has 3 nitrogen and oxygen atoms in total. The molecule has 0 saturated carbocycles. The molecule has 0 radical (unpaired) electrons. The average molecular weight is 363 g/mol. The van der Waals surface area contributed by atoms with Crippen LogP contribution in [0, 0.1) is 0 Å². The van der Waals surface area contributed by atoms with Crippen molar-refractivity contribution in [3.05, 3.63) is 52.2 Å². The fraction of sp³-hybridized carbons (Fsp3) is 0.474. The smallest absolute Gasteiger partial charge is 0.0787 e. The zero-order valence-electron chi connectivity index (χ0n) is 14.2. The molecule has 0 atom stereocenters. The van der Waals surface area contributed by atoms with Gasteiger partial charge in [0.25, 0.3) is 0 Å². The number of hydrogen-bond donors (Lipinski definition) is 2. The zero-order chi connectivity index (χ0) is 16.8.